The molecule has 0 radical (unpaired) electrons. The third-order valence-corrected chi connectivity index (χ3v) is 4.17. The summed E-state index contributed by atoms with van der Waals surface area (Å²) in [5.41, 5.74) is 4.87. The second-order valence-corrected chi connectivity index (χ2v) is 6.34. The third kappa shape index (κ3) is 4.30. The molecule has 5 nitrogen and oxygen atoms in total. The number of ether oxygens (including phenoxy) is 1. The zero-order valence-corrected chi connectivity index (χ0v) is 15.3. The van der Waals surface area contributed by atoms with Crippen molar-refractivity contribution >= 4 is 11.6 Å². The van der Waals surface area contributed by atoms with Crippen molar-refractivity contribution in [2.24, 2.45) is 0 Å². The second kappa shape index (κ2) is 7.87. The Kier molecular flexibility index (Phi) is 5.37. The molecule has 0 fully saturated rings. The molecule has 0 atom stereocenters. The Morgan fingerprint density at radius 3 is 2.58 bits per heavy atom. The van der Waals surface area contributed by atoms with Crippen LogP contribution in [0.2, 0.25) is 0 Å². The molecule has 0 saturated carbocycles. The van der Waals surface area contributed by atoms with Crippen LogP contribution in [0, 0.1) is 20.8 Å². The molecule has 3 rings (SSSR count). The second-order valence-electron chi connectivity index (χ2n) is 6.34. The van der Waals surface area contributed by atoms with Crippen LogP contribution in [-0.4, -0.2) is 22.3 Å². The van der Waals surface area contributed by atoms with E-state index >= 15 is 0 Å². The molecule has 1 amide bonds. The van der Waals surface area contributed by atoms with Crippen LogP contribution in [0.15, 0.2) is 54.6 Å². The number of rotatable bonds is 6. The van der Waals surface area contributed by atoms with Crippen molar-refractivity contribution < 1.29 is 9.53 Å². The Hall–Kier alpha value is -3.08. The largest absolute Gasteiger partial charge is 0.484 e. The molecule has 2 aromatic carbocycles. The first kappa shape index (κ1) is 17.7. The van der Waals surface area contributed by atoms with Gasteiger partial charge in [-0.1, -0.05) is 48.0 Å². The quantitative estimate of drug-likeness (QED) is 0.735. The molecule has 1 aromatic heterocycles. The topological polar surface area (TPSA) is 56.2 Å². The minimum absolute atomic E-state index is 0.0358. The van der Waals surface area contributed by atoms with Gasteiger partial charge >= 0.3 is 0 Å². The van der Waals surface area contributed by atoms with Crippen molar-refractivity contribution in [1.29, 1.82) is 0 Å². The summed E-state index contributed by atoms with van der Waals surface area (Å²) in [5, 5.41) is 7.49. The Bertz CT molecular complexity index is 901. The molecule has 26 heavy (non-hydrogen) atoms. The Labute approximate surface area is 153 Å². The Morgan fingerprint density at radius 2 is 1.85 bits per heavy atom. The minimum Gasteiger partial charge on any atom is -0.484 e. The maximum Gasteiger partial charge on any atom is 0.262 e. The molecule has 0 saturated heterocycles. The molecular formula is C21H23N3O2. The van der Waals surface area contributed by atoms with Crippen molar-refractivity contribution in [2.75, 3.05) is 11.9 Å². The average molecular weight is 349 g/mol. The normalized spacial score (nSPS) is 10.6. The number of para-hydroxylation sites is 1. The van der Waals surface area contributed by atoms with Crippen molar-refractivity contribution in [1.82, 2.24) is 9.78 Å². The summed E-state index contributed by atoms with van der Waals surface area (Å²) in [6.45, 7) is 6.57. The summed E-state index contributed by atoms with van der Waals surface area (Å²) in [5.74, 6) is 0.474. The lowest BCUT2D eigenvalue weighted by Gasteiger charge is -2.09. The predicted octanol–water partition coefficient (Wildman–Crippen LogP) is 3.87. The molecule has 3 aromatic rings. The van der Waals surface area contributed by atoms with Gasteiger partial charge in [0, 0.05) is 0 Å². The van der Waals surface area contributed by atoms with Gasteiger partial charge < -0.3 is 10.1 Å². The molecule has 0 unspecified atom stereocenters. The Balaban J connectivity index is 1.66. The van der Waals surface area contributed by atoms with Gasteiger partial charge in [-0.2, -0.15) is 5.10 Å². The highest BCUT2D eigenvalue weighted by atomic mass is 16.5. The van der Waals surface area contributed by atoms with Gasteiger partial charge in [-0.3, -0.25) is 9.48 Å². The molecule has 0 bridgehead atoms. The van der Waals surface area contributed by atoms with Gasteiger partial charge in [-0.15, -0.1) is 0 Å². The fourth-order valence-corrected chi connectivity index (χ4v) is 2.86. The zero-order valence-electron chi connectivity index (χ0n) is 15.3. The van der Waals surface area contributed by atoms with Crippen molar-refractivity contribution in [2.45, 2.75) is 27.3 Å². The summed E-state index contributed by atoms with van der Waals surface area (Å²) in [6, 6.07) is 17.6. The van der Waals surface area contributed by atoms with Crippen LogP contribution in [0.25, 0.3) is 0 Å². The van der Waals surface area contributed by atoms with Crippen molar-refractivity contribution in [3.63, 3.8) is 0 Å². The van der Waals surface area contributed by atoms with E-state index in [2.05, 4.69) is 35.5 Å². The van der Waals surface area contributed by atoms with Crippen molar-refractivity contribution in [3.8, 4) is 5.75 Å². The molecule has 0 aliphatic carbocycles. The SMILES string of the molecule is Cc1cccc(Cn2nc(C)c(NC(=O)COc3ccccc3)c2C)c1. The van der Waals surface area contributed by atoms with E-state index in [1.165, 1.54) is 11.1 Å². The fraction of sp³-hybridized carbons (Fsp3) is 0.238. The Morgan fingerprint density at radius 1 is 1.08 bits per heavy atom. The number of hydrogen-bond acceptors (Lipinski definition) is 3. The molecular weight excluding hydrogens is 326 g/mol. The summed E-state index contributed by atoms with van der Waals surface area (Å²) in [6.07, 6.45) is 0. The van der Waals surface area contributed by atoms with Crippen molar-refractivity contribution in [3.05, 3.63) is 77.1 Å². The van der Waals surface area contributed by atoms with Crippen LogP contribution in [0.3, 0.4) is 0 Å². The predicted molar refractivity (Wildman–Crippen MR) is 103 cm³/mol. The first-order chi connectivity index (χ1) is 12.5. The van der Waals surface area contributed by atoms with Crippen LogP contribution in [0.1, 0.15) is 22.5 Å². The average Bonchev–Trinajstić information content (AvgIpc) is 2.88. The van der Waals surface area contributed by atoms with Gasteiger partial charge in [0.05, 0.1) is 23.6 Å². The number of nitrogens with zero attached hydrogens (tertiary/aromatic N) is 2. The highest BCUT2D eigenvalue weighted by Gasteiger charge is 2.15. The van der Waals surface area contributed by atoms with Crippen LogP contribution in [0.5, 0.6) is 5.75 Å². The van der Waals surface area contributed by atoms with Crippen LogP contribution >= 0.6 is 0 Å². The molecule has 1 heterocycles. The van der Waals surface area contributed by atoms with Gasteiger partial charge in [0.25, 0.3) is 5.91 Å². The maximum atomic E-state index is 12.2. The summed E-state index contributed by atoms with van der Waals surface area (Å²) in [7, 11) is 0. The highest BCUT2D eigenvalue weighted by molar-refractivity contribution is 5.93. The smallest absolute Gasteiger partial charge is 0.262 e. The molecule has 5 heteroatoms. The lowest BCUT2D eigenvalue weighted by Crippen LogP contribution is -2.21. The van der Waals surface area contributed by atoms with E-state index in [-0.39, 0.29) is 12.5 Å². The van der Waals surface area contributed by atoms with E-state index in [9.17, 15) is 4.79 Å². The standard InChI is InChI=1S/C21H23N3O2/c1-15-8-7-9-18(12-15)13-24-17(3)21(16(2)23-24)22-20(25)14-26-19-10-5-4-6-11-19/h4-12H,13-14H2,1-3H3,(H,22,25). The number of nitrogens with one attached hydrogen (secondary N) is 1. The number of carbonyl (C=O) groups excluding carboxylic acids is 1. The minimum atomic E-state index is -0.199. The van der Waals surface area contributed by atoms with E-state index in [0.29, 0.717) is 12.3 Å². The van der Waals surface area contributed by atoms with E-state index in [4.69, 9.17) is 4.74 Å². The van der Waals surface area contributed by atoms with E-state index in [0.717, 1.165) is 17.1 Å². The van der Waals surface area contributed by atoms with Gasteiger partial charge in [0.1, 0.15) is 5.75 Å². The molecule has 0 aliphatic rings. The number of aryl methyl sites for hydroxylation is 2. The molecule has 1 N–H and O–H groups in total. The summed E-state index contributed by atoms with van der Waals surface area (Å²) < 4.78 is 7.41. The van der Waals surface area contributed by atoms with Gasteiger partial charge in [0.2, 0.25) is 0 Å². The van der Waals surface area contributed by atoms with E-state index < -0.39 is 0 Å². The summed E-state index contributed by atoms with van der Waals surface area (Å²) >= 11 is 0. The molecule has 0 aliphatic heterocycles. The number of carbonyl (C=O) groups is 1. The highest BCUT2D eigenvalue weighted by Crippen LogP contribution is 2.21. The summed E-state index contributed by atoms with van der Waals surface area (Å²) in [4.78, 5) is 12.2. The first-order valence-electron chi connectivity index (χ1n) is 8.60. The van der Waals surface area contributed by atoms with Gasteiger partial charge in [0.15, 0.2) is 6.61 Å². The lowest BCUT2D eigenvalue weighted by molar-refractivity contribution is -0.118. The number of benzene rings is 2. The van der Waals surface area contributed by atoms with Crippen LogP contribution < -0.4 is 10.1 Å². The van der Waals surface area contributed by atoms with Crippen LogP contribution in [0.4, 0.5) is 5.69 Å². The number of hydrogen-bond donors (Lipinski definition) is 1. The fourth-order valence-electron chi connectivity index (χ4n) is 2.86. The van der Waals surface area contributed by atoms with E-state index in [1.54, 1.807) is 0 Å². The third-order valence-electron chi connectivity index (χ3n) is 4.17. The van der Waals surface area contributed by atoms with Gasteiger partial charge in [-0.25, -0.2) is 0 Å². The lowest BCUT2D eigenvalue weighted by atomic mass is 10.1. The number of aromatic nitrogens is 2. The number of anilines is 1. The number of amides is 1. The van der Waals surface area contributed by atoms with Crippen LogP contribution in [-0.2, 0) is 11.3 Å². The maximum absolute atomic E-state index is 12.2. The van der Waals surface area contributed by atoms with Gasteiger partial charge in [-0.05, 0) is 38.5 Å². The molecule has 134 valence electrons. The zero-order chi connectivity index (χ0) is 18.5. The monoisotopic (exact) mass is 349 g/mol. The van der Waals surface area contributed by atoms with E-state index in [1.807, 2.05) is 54.9 Å². The molecule has 0 spiro atoms. The first-order valence-corrected chi connectivity index (χ1v) is 8.60.